The maximum Gasteiger partial charge on any atom is 0.387 e. The zero-order chi connectivity index (χ0) is 19.2. The van der Waals surface area contributed by atoms with Crippen LogP contribution >= 0.6 is 11.3 Å². The van der Waals surface area contributed by atoms with Gasteiger partial charge in [-0.05, 0) is 24.1 Å². The van der Waals surface area contributed by atoms with E-state index in [9.17, 15) is 13.6 Å². The van der Waals surface area contributed by atoms with Crippen LogP contribution in [0.1, 0.15) is 18.2 Å². The second kappa shape index (κ2) is 8.73. The summed E-state index contributed by atoms with van der Waals surface area (Å²) < 4.78 is 29.3. The molecular weight excluding hydrogens is 370 g/mol. The van der Waals surface area contributed by atoms with Crippen molar-refractivity contribution in [2.24, 2.45) is 0 Å². The van der Waals surface area contributed by atoms with Gasteiger partial charge >= 0.3 is 6.61 Å². The number of carbonyl (C=O) groups excluding carboxylic acids is 1. The number of hydrogen-bond acceptors (Lipinski definition) is 4. The number of para-hydroxylation sites is 2. The highest BCUT2D eigenvalue weighted by Crippen LogP contribution is 2.27. The molecule has 0 aliphatic heterocycles. The molecule has 1 amide bonds. The highest BCUT2D eigenvalue weighted by Gasteiger charge is 2.13. The van der Waals surface area contributed by atoms with Gasteiger partial charge in [0.2, 0.25) is 5.91 Å². The van der Waals surface area contributed by atoms with E-state index in [1.165, 1.54) is 29.0 Å². The molecule has 4 nitrogen and oxygen atoms in total. The lowest BCUT2D eigenvalue weighted by Crippen LogP contribution is -2.16. The van der Waals surface area contributed by atoms with Gasteiger partial charge in [-0.1, -0.05) is 43.3 Å². The maximum absolute atomic E-state index is 12.5. The van der Waals surface area contributed by atoms with Crippen LogP contribution in [-0.2, 0) is 17.6 Å². The zero-order valence-corrected chi connectivity index (χ0v) is 15.4. The van der Waals surface area contributed by atoms with Gasteiger partial charge in [0.25, 0.3) is 0 Å². The first-order valence-corrected chi connectivity index (χ1v) is 9.30. The first kappa shape index (κ1) is 19.0. The Kier molecular flexibility index (Phi) is 6.13. The number of benzene rings is 2. The van der Waals surface area contributed by atoms with E-state index in [1.807, 2.05) is 17.5 Å². The summed E-state index contributed by atoms with van der Waals surface area (Å²) in [5.74, 6) is -0.422. The van der Waals surface area contributed by atoms with Crippen LogP contribution in [0.3, 0.4) is 0 Å². The van der Waals surface area contributed by atoms with Crippen LogP contribution in [0.2, 0.25) is 0 Å². The molecule has 0 fully saturated rings. The highest BCUT2D eigenvalue weighted by molar-refractivity contribution is 7.13. The van der Waals surface area contributed by atoms with Gasteiger partial charge in [-0.15, -0.1) is 11.3 Å². The predicted octanol–water partition coefficient (Wildman–Crippen LogP) is 5.16. The molecular formula is C20H18F2N2O2S. The first-order valence-electron chi connectivity index (χ1n) is 8.42. The third-order valence-electron chi connectivity index (χ3n) is 3.88. The number of thiazole rings is 1. The van der Waals surface area contributed by atoms with Gasteiger partial charge < -0.3 is 10.1 Å². The van der Waals surface area contributed by atoms with Crippen LogP contribution in [0, 0.1) is 0 Å². The summed E-state index contributed by atoms with van der Waals surface area (Å²) in [5, 5.41) is 5.25. The molecule has 0 aliphatic rings. The van der Waals surface area contributed by atoms with Gasteiger partial charge in [-0.3, -0.25) is 4.79 Å². The van der Waals surface area contributed by atoms with Crippen LogP contribution < -0.4 is 10.1 Å². The van der Waals surface area contributed by atoms with Crippen molar-refractivity contribution in [3.63, 3.8) is 0 Å². The van der Waals surface area contributed by atoms with Crippen molar-refractivity contribution in [3.8, 4) is 16.3 Å². The number of carbonyl (C=O) groups is 1. The summed E-state index contributed by atoms with van der Waals surface area (Å²) in [5.41, 5.74) is 3.08. The third-order valence-corrected chi connectivity index (χ3v) is 4.82. The summed E-state index contributed by atoms with van der Waals surface area (Å²) in [7, 11) is 0. The number of aromatic nitrogens is 1. The Labute approximate surface area is 159 Å². The van der Waals surface area contributed by atoms with Crippen molar-refractivity contribution >= 4 is 22.9 Å². The van der Waals surface area contributed by atoms with Gasteiger partial charge in [0.05, 0.1) is 17.8 Å². The molecule has 7 heteroatoms. The monoisotopic (exact) mass is 388 g/mol. The number of amides is 1. The molecule has 1 aromatic heterocycles. The van der Waals surface area contributed by atoms with Crippen molar-refractivity contribution in [1.29, 1.82) is 0 Å². The number of alkyl halides is 2. The zero-order valence-electron chi connectivity index (χ0n) is 14.6. The maximum atomic E-state index is 12.5. The van der Waals surface area contributed by atoms with E-state index >= 15 is 0 Å². The minimum Gasteiger partial charge on any atom is -0.433 e. The topological polar surface area (TPSA) is 51.2 Å². The lowest BCUT2D eigenvalue weighted by molar-refractivity contribution is -0.115. The third kappa shape index (κ3) is 5.10. The van der Waals surface area contributed by atoms with Crippen molar-refractivity contribution < 1.29 is 18.3 Å². The Hall–Kier alpha value is -2.80. The molecule has 2 aromatic carbocycles. The number of rotatable bonds is 7. The smallest absolute Gasteiger partial charge is 0.387 e. The largest absolute Gasteiger partial charge is 0.433 e. The van der Waals surface area contributed by atoms with E-state index in [2.05, 4.69) is 34.1 Å². The van der Waals surface area contributed by atoms with E-state index in [0.29, 0.717) is 5.69 Å². The molecule has 1 heterocycles. The van der Waals surface area contributed by atoms with Crippen molar-refractivity contribution in [2.75, 3.05) is 5.32 Å². The lowest BCUT2D eigenvalue weighted by atomic mass is 10.1. The van der Waals surface area contributed by atoms with Crippen molar-refractivity contribution in [1.82, 2.24) is 4.98 Å². The molecule has 27 heavy (non-hydrogen) atoms. The molecule has 1 N–H and O–H groups in total. The Bertz CT molecular complexity index is 910. The fourth-order valence-corrected chi connectivity index (χ4v) is 3.36. The number of nitrogens with one attached hydrogen (secondary N) is 1. The Morgan fingerprint density at radius 1 is 1.19 bits per heavy atom. The Balaban J connectivity index is 1.66. The molecule has 140 valence electrons. The van der Waals surface area contributed by atoms with E-state index < -0.39 is 6.61 Å². The van der Waals surface area contributed by atoms with E-state index in [4.69, 9.17) is 0 Å². The molecule has 0 bridgehead atoms. The summed E-state index contributed by atoms with van der Waals surface area (Å²) in [6, 6.07) is 14.2. The highest BCUT2D eigenvalue weighted by atomic mass is 32.1. The molecule has 0 radical (unpaired) electrons. The molecule has 0 saturated carbocycles. The minimum atomic E-state index is -2.96. The van der Waals surface area contributed by atoms with Gasteiger partial charge in [0, 0.05) is 10.9 Å². The quantitative estimate of drug-likeness (QED) is 0.609. The van der Waals surface area contributed by atoms with Crippen LogP contribution in [0.5, 0.6) is 5.75 Å². The average molecular weight is 388 g/mol. The molecule has 0 unspecified atom stereocenters. The average Bonchev–Trinajstić information content (AvgIpc) is 3.11. The van der Waals surface area contributed by atoms with Crippen molar-refractivity contribution in [3.05, 3.63) is 65.2 Å². The Morgan fingerprint density at radius 2 is 1.93 bits per heavy atom. The summed E-state index contributed by atoms with van der Waals surface area (Å²) >= 11 is 1.46. The predicted molar refractivity (Wildman–Crippen MR) is 102 cm³/mol. The fraction of sp³-hybridized carbons (Fsp3) is 0.200. The summed E-state index contributed by atoms with van der Waals surface area (Å²) in [4.78, 5) is 16.8. The van der Waals surface area contributed by atoms with Gasteiger partial charge in [0.15, 0.2) is 0 Å². The number of aryl methyl sites for hydroxylation is 1. The number of ether oxygens (including phenoxy) is 1. The lowest BCUT2D eigenvalue weighted by Gasteiger charge is -2.11. The number of hydrogen-bond donors (Lipinski definition) is 1. The molecule has 0 spiro atoms. The molecule has 0 aliphatic carbocycles. The van der Waals surface area contributed by atoms with Crippen LogP contribution in [-0.4, -0.2) is 17.5 Å². The minimum absolute atomic E-state index is 0.0482. The fourth-order valence-electron chi connectivity index (χ4n) is 2.53. The number of halogens is 2. The van der Waals surface area contributed by atoms with Gasteiger partial charge in [-0.2, -0.15) is 8.78 Å². The molecule has 3 aromatic rings. The SMILES string of the molecule is CCc1ccc(-c2nc(CC(=O)Nc3ccccc3OC(F)F)cs2)cc1. The van der Waals surface area contributed by atoms with E-state index in [-0.39, 0.29) is 23.8 Å². The molecule has 0 saturated heterocycles. The Morgan fingerprint density at radius 3 is 2.63 bits per heavy atom. The van der Waals surface area contributed by atoms with Crippen molar-refractivity contribution in [2.45, 2.75) is 26.4 Å². The molecule has 0 atom stereocenters. The summed E-state index contributed by atoms with van der Waals surface area (Å²) in [6.07, 6.45) is 1.02. The second-order valence-electron chi connectivity index (χ2n) is 5.79. The van der Waals surface area contributed by atoms with Crippen LogP contribution in [0.25, 0.3) is 10.6 Å². The van der Waals surface area contributed by atoms with E-state index in [0.717, 1.165) is 17.0 Å². The number of anilines is 1. The summed E-state index contributed by atoms with van der Waals surface area (Å²) in [6.45, 7) is -0.858. The van der Waals surface area contributed by atoms with E-state index in [1.54, 1.807) is 12.1 Å². The van der Waals surface area contributed by atoms with Gasteiger partial charge in [0.1, 0.15) is 10.8 Å². The second-order valence-corrected chi connectivity index (χ2v) is 6.65. The van der Waals surface area contributed by atoms with Crippen LogP contribution in [0.15, 0.2) is 53.9 Å². The van der Waals surface area contributed by atoms with Crippen LogP contribution in [0.4, 0.5) is 14.5 Å². The molecule has 3 rings (SSSR count). The first-order chi connectivity index (χ1) is 13.0. The standard InChI is InChI=1S/C20H18F2N2O2S/c1-2-13-7-9-14(10-8-13)19-23-15(12-27-19)11-18(25)24-16-5-3-4-6-17(16)26-20(21)22/h3-10,12,20H,2,11H2,1H3,(H,24,25). The number of nitrogens with zero attached hydrogens (tertiary/aromatic N) is 1. The van der Waals surface area contributed by atoms with Gasteiger partial charge in [-0.25, -0.2) is 4.98 Å². The normalized spacial score (nSPS) is 10.8.